The maximum absolute atomic E-state index is 11.8. The van der Waals surface area contributed by atoms with Crippen molar-refractivity contribution in [2.45, 2.75) is 55.9 Å². The molecule has 0 heterocycles. The third-order valence-corrected chi connectivity index (χ3v) is 5.57. The van der Waals surface area contributed by atoms with Gasteiger partial charge in [0.25, 0.3) is 0 Å². The average molecular weight is 491 g/mol. The van der Waals surface area contributed by atoms with Gasteiger partial charge < -0.3 is 34.3 Å². The molecule has 5 N–H and O–H groups in total. The van der Waals surface area contributed by atoms with Crippen LogP contribution in [-0.4, -0.2) is 83.7 Å². The Balaban J connectivity index is 2.18. The first-order chi connectivity index (χ1) is 15.8. The molecule has 4 unspecified atom stereocenters. The van der Waals surface area contributed by atoms with Crippen LogP contribution in [0.3, 0.4) is 0 Å². The molecule has 0 aromatic heterocycles. The zero-order valence-corrected chi connectivity index (χ0v) is 20.2. The Labute approximate surface area is 198 Å². The van der Waals surface area contributed by atoms with Crippen LogP contribution in [0, 0.1) is 0 Å². The number of carbonyl (C=O) groups is 1. The van der Waals surface area contributed by atoms with Gasteiger partial charge in [0.1, 0.15) is 6.23 Å². The van der Waals surface area contributed by atoms with Crippen molar-refractivity contribution in [3.8, 4) is 0 Å². The Kier molecular flexibility index (Phi) is 16.1. The summed E-state index contributed by atoms with van der Waals surface area (Å²) in [6, 6.07) is 5.72. The molecule has 1 aromatic rings. The lowest BCUT2D eigenvalue weighted by atomic mass is 10.0. The number of nitrogens with one attached hydrogen (secondary N) is 2. The summed E-state index contributed by atoms with van der Waals surface area (Å²) in [6.07, 6.45) is 0.663. The third-order valence-electron chi connectivity index (χ3n) is 4.89. The minimum Gasteiger partial charge on any atom is -0.392 e. The van der Waals surface area contributed by atoms with E-state index in [1.54, 1.807) is 26.2 Å². The number of methoxy groups -OCH3 is 1. The molecule has 0 fully saturated rings. The van der Waals surface area contributed by atoms with Gasteiger partial charge in [0.05, 0.1) is 44.0 Å². The van der Waals surface area contributed by atoms with Gasteiger partial charge >= 0.3 is 0 Å². The van der Waals surface area contributed by atoms with Gasteiger partial charge in [-0.3, -0.25) is 10.1 Å². The van der Waals surface area contributed by atoms with Crippen molar-refractivity contribution >= 4 is 17.0 Å². The van der Waals surface area contributed by atoms with E-state index in [2.05, 4.69) is 10.6 Å². The summed E-state index contributed by atoms with van der Waals surface area (Å²) in [5.41, 5.74) is 0.533. The van der Waals surface area contributed by atoms with Crippen molar-refractivity contribution in [1.29, 1.82) is 0 Å². The van der Waals surface area contributed by atoms with Crippen LogP contribution >= 0.6 is 0 Å². The standard InChI is InChI=1S/C22H38N2O8S/c1-17(25)20(24-22(27)18-6-8-19(9-7-18)33(28)29)5-3-4-11-23-21(26)10-12-31-15-16-32-14-13-30-2/h6-9,17,20,22,24-25,27H,3-5,10-16H2,1-2H3,(H,23,26)(H,28,29). The minimum atomic E-state index is -2.07. The van der Waals surface area contributed by atoms with E-state index in [1.165, 1.54) is 12.1 Å². The van der Waals surface area contributed by atoms with Crippen molar-refractivity contribution < 1.29 is 38.0 Å². The van der Waals surface area contributed by atoms with Crippen molar-refractivity contribution in [3.63, 3.8) is 0 Å². The first-order valence-electron chi connectivity index (χ1n) is 11.1. The zero-order chi connectivity index (χ0) is 24.5. The maximum atomic E-state index is 11.8. The fourth-order valence-corrected chi connectivity index (χ4v) is 3.33. The first kappa shape index (κ1) is 29.6. The van der Waals surface area contributed by atoms with Gasteiger partial charge in [-0.2, -0.15) is 0 Å². The Morgan fingerprint density at radius 2 is 1.67 bits per heavy atom. The molecule has 0 saturated carbocycles. The van der Waals surface area contributed by atoms with E-state index in [-0.39, 0.29) is 23.3 Å². The van der Waals surface area contributed by atoms with Crippen molar-refractivity contribution in [2.75, 3.05) is 46.7 Å². The molecule has 4 atom stereocenters. The molecule has 33 heavy (non-hydrogen) atoms. The van der Waals surface area contributed by atoms with Crippen LogP contribution in [0.2, 0.25) is 0 Å². The van der Waals surface area contributed by atoms with Gasteiger partial charge in [-0.15, -0.1) is 0 Å². The number of carbonyl (C=O) groups excluding carboxylic acids is 1. The lowest BCUT2D eigenvalue weighted by Crippen LogP contribution is -2.40. The van der Waals surface area contributed by atoms with Crippen LogP contribution in [0.4, 0.5) is 0 Å². The molecule has 0 aliphatic heterocycles. The van der Waals surface area contributed by atoms with E-state index in [0.29, 0.717) is 51.6 Å². The van der Waals surface area contributed by atoms with Gasteiger partial charge in [0.2, 0.25) is 5.91 Å². The number of amides is 1. The second-order valence-electron chi connectivity index (χ2n) is 7.55. The fourth-order valence-electron chi connectivity index (χ4n) is 2.96. The highest BCUT2D eigenvalue weighted by molar-refractivity contribution is 7.79. The molecule has 0 aliphatic carbocycles. The van der Waals surface area contributed by atoms with Crippen LogP contribution in [0.25, 0.3) is 0 Å². The number of benzene rings is 1. The van der Waals surface area contributed by atoms with E-state index in [0.717, 1.165) is 12.8 Å². The molecule has 0 spiro atoms. The lowest BCUT2D eigenvalue weighted by Gasteiger charge is -2.25. The molecule has 11 heteroatoms. The SMILES string of the molecule is COCCOCCOCCC(=O)NCCCCC(NC(O)c1ccc(S(=O)O)cc1)C(C)O. The second kappa shape index (κ2) is 18.0. The van der Waals surface area contributed by atoms with Crippen LogP contribution in [0.5, 0.6) is 0 Å². The Morgan fingerprint density at radius 3 is 2.27 bits per heavy atom. The first-order valence-corrected chi connectivity index (χ1v) is 12.2. The minimum absolute atomic E-state index is 0.0804. The molecule has 1 rings (SSSR count). The summed E-state index contributed by atoms with van der Waals surface area (Å²) >= 11 is -2.07. The molecule has 1 aromatic carbocycles. The van der Waals surface area contributed by atoms with Crippen molar-refractivity contribution in [2.24, 2.45) is 0 Å². The van der Waals surface area contributed by atoms with E-state index in [9.17, 15) is 19.2 Å². The van der Waals surface area contributed by atoms with E-state index < -0.39 is 23.4 Å². The van der Waals surface area contributed by atoms with Gasteiger partial charge in [-0.05, 0) is 37.5 Å². The fraction of sp³-hybridized carbons (Fsp3) is 0.682. The van der Waals surface area contributed by atoms with Crippen molar-refractivity contribution in [1.82, 2.24) is 10.6 Å². The van der Waals surface area contributed by atoms with Gasteiger partial charge in [0, 0.05) is 26.1 Å². The molecule has 1 amide bonds. The normalized spacial score (nSPS) is 15.1. The van der Waals surface area contributed by atoms with Gasteiger partial charge in [-0.25, -0.2) is 4.21 Å². The third kappa shape index (κ3) is 13.8. The predicted octanol–water partition coefficient (Wildman–Crippen LogP) is 0.953. The lowest BCUT2D eigenvalue weighted by molar-refractivity contribution is -0.122. The van der Waals surface area contributed by atoms with E-state index in [4.69, 9.17) is 18.8 Å². The Bertz CT molecular complexity index is 675. The predicted molar refractivity (Wildman–Crippen MR) is 124 cm³/mol. The highest BCUT2D eigenvalue weighted by Gasteiger charge is 2.19. The number of aliphatic hydroxyl groups is 2. The van der Waals surface area contributed by atoms with Gasteiger partial charge in [0.15, 0.2) is 11.1 Å². The van der Waals surface area contributed by atoms with E-state index >= 15 is 0 Å². The van der Waals surface area contributed by atoms with Crippen molar-refractivity contribution in [3.05, 3.63) is 29.8 Å². The average Bonchev–Trinajstić information content (AvgIpc) is 2.79. The van der Waals surface area contributed by atoms with Crippen LogP contribution in [0.15, 0.2) is 29.2 Å². The maximum Gasteiger partial charge on any atom is 0.222 e. The largest absolute Gasteiger partial charge is 0.392 e. The molecule has 0 saturated heterocycles. The Hall–Kier alpha value is -1.44. The van der Waals surface area contributed by atoms with Crippen LogP contribution < -0.4 is 10.6 Å². The molecule has 0 aliphatic rings. The monoisotopic (exact) mass is 490 g/mol. The summed E-state index contributed by atoms with van der Waals surface area (Å²) in [5, 5.41) is 26.2. The number of ether oxygens (including phenoxy) is 3. The van der Waals surface area contributed by atoms with Gasteiger partial charge in [-0.1, -0.05) is 18.6 Å². The number of unbranched alkanes of at least 4 members (excludes halogenated alkanes) is 1. The molecular weight excluding hydrogens is 452 g/mol. The highest BCUT2D eigenvalue weighted by atomic mass is 32.2. The highest BCUT2D eigenvalue weighted by Crippen LogP contribution is 2.16. The number of hydrogen-bond acceptors (Lipinski definition) is 8. The molecule has 0 bridgehead atoms. The quantitative estimate of drug-likeness (QED) is 0.109. The summed E-state index contributed by atoms with van der Waals surface area (Å²) in [5.74, 6) is -0.0804. The van der Waals surface area contributed by atoms with Crippen LogP contribution in [0.1, 0.15) is 44.4 Å². The molecule has 0 radical (unpaired) electrons. The summed E-state index contributed by atoms with van der Waals surface area (Å²) in [6.45, 7) is 4.46. The summed E-state index contributed by atoms with van der Waals surface area (Å²) in [7, 11) is 1.61. The number of hydrogen-bond donors (Lipinski definition) is 5. The number of rotatable bonds is 19. The molecular formula is C22H38N2O8S. The second-order valence-corrected chi connectivity index (χ2v) is 8.52. The molecule has 190 valence electrons. The smallest absolute Gasteiger partial charge is 0.222 e. The molecule has 10 nitrogen and oxygen atoms in total. The van der Waals surface area contributed by atoms with E-state index in [1.807, 2.05) is 0 Å². The summed E-state index contributed by atoms with van der Waals surface area (Å²) in [4.78, 5) is 12.1. The zero-order valence-electron chi connectivity index (χ0n) is 19.4. The Morgan fingerprint density at radius 1 is 1.03 bits per heavy atom. The summed E-state index contributed by atoms with van der Waals surface area (Å²) < 4.78 is 35.6. The van der Waals surface area contributed by atoms with Crippen LogP contribution in [-0.2, 0) is 30.1 Å². The number of aliphatic hydroxyl groups excluding tert-OH is 2. The topological polar surface area (TPSA) is 147 Å².